The summed E-state index contributed by atoms with van der Waals surface area (Å²) in [7, 11) is 0. The summed E-state index contributed by atoms with van der Waals surface area (Å²) < 4.78 is 0. The molecule has 2 unspecified atom stereocenters. The molecule has 1 amide bonds. The van der Waals surface area contributed by atoms with Crippen LogP contribution in [0.5, 0.6) is 0 Å². The molecular weight excluding hydrogens is 260 g/mol. The third-order valence-corrected chi connectivity index (χ3v) is 4.89. The van der Waals surface area contributed by atoms with E-state index in [0.717, 1.165) is 38.0 Å². The van der Waals surface area contributed by atoms with E-state index in [1.165, 1.54) is 5.56 Å². The van der Waals surface area contributed by atoms with Gasteiger partial charge in [0, 0.05) is 6.04 Å². The molecule has 1 saturated heterocycles. The average Bonchev–Trinajstić information content (AvgIpc) is 2.79. The van der Waals surface area contributed by atoms with Gasteiger partial charge in [-0.3, -0.25) is 10.1 Å². The number of hydrogen-bond acceptors (Lipinski definition) is 2. The van der Waals surface area contributed by atoms with Crippen molar-refractivity contribution in [1.29, 1.82) is 0 Å². The highest BCUT2D eigenvalue weighted by Crippen LogP contribution is 2.39. The zero-order valence-corrected chi connectivity index (χ0v) is 13.1. The van der Waals surface area contributed by atoms with Crippen molar-refractivity contribution < 1.29 is 4.79 Å². The molecule has 0 bridgehead atoms. The quantitative estimate of drug-likeness (QED) is 0.899. The van der Waals surface area contributed by atoms with Gasteiger partial charge in [0.05, 0.1) is 6.04 Å². The van der Waals surface area contributed by atoms with Crippen molar-refractivity contribution in [2.24, 2.45) is 5.92 Å². The Kier molecular flexibility index (Phi) is 4.29. The molecule has 1 aromatic carbocycles. The van der Waals surface area contributed by atoms with Gasteiger partial charge < -0.3 is 4.90 Å². The molecule has 0 spiro atoms. The van der Waals surface area contributed by atoms with Crippen molar-refractivity contribution in [3.8, 4) is 0 Å². The van der Waals surface area contributed by atoms with Gasteiger partial charge in [-0.2, -0.15) is 0 Å². The number of nitrogens with zero attached hydrogens (tertiary/aromatic N) is 1. The van der Waals surface area contributed by atoms with Crippen LogP contribution < -0.4 is 5.32 Å². The summed E-state index contributed by atoms with van der Waals surface area (Å²) in [5.41, 5.74) is 1.21. The molecule has 1 N–H and O–H groups in total. The van der Waals surface area contributed by atoms with Gasteiger partial charge in [0.1, 0.15) is 6.17 Å². The van der Waals surface area contributed by atoms with Crippen LogP contribution >= 0.6 is 0 Å². The zero-order chi connectivity index (χ0) is 14.8. The first-order valence-corrected chi connectivity index (χ1v) is 8.34. The number of carbonyl (C=O) groups is 1. The van der Waals surface area contributed by atoms with E-state index >= 15 is 0 Å². The fourth-order valence-electron chi connectivity index (χ4n) is 3.63. The fourth-order valence-corrected chi connectivity index (χ4v) is 3.63. The second-order valence-corrected chi connectivity index (χ2v) is 6.65. The van der Waals surface area contributed by atoms with Crippen molar-refractivity contribution in [3.05, 3.63) is 35.9 Å². The minimum Gasteiger partial charge on any atom is -0.319 e. The maximum absolute atomic E-state index is 12.8. The molecule has 2 fully saturated rings. The van der Waals surface area contributed by atoms with Gasteiger partial charge in [-0.25, -0.2) is 0 Å². The molecule has 1 saturated carbocycles. The summed E-state index contributed by atoms with van der Waals surface area (Å²) in [6, 6.07) is 10.8. The lowest BCUT2D eigenvalue weighted by atomic mass is 9.80. The van der Waals surface area contributed by atoms with Gasteiger partial charge in [0.25, 0.3) is 0 Å². The first kappa shape index (κ1) is 14.6. The minimum absolute atomic E-state index is 0.00561. The lowest BCUT2D eigenvalue weighted by molar-refractivity contribution is -0.135. The first-order chi connectivity index (χ1) is 10.2. The van der Waals surface area contributed by atoms with E-state index in [4.69, 9.17) is 0 Å². The topological polar surface area (TPSA) is 32.3 Å². The highest BCUT2D eigenvalue weighted by atomic mass is 16.2. The number of rotatable bonds is 5. The monoisotopic (exact) mass is 286 g/mol. The summed E-state index contributed by atoms with van der Waals surface area (Å²) in [6.07, 6.45) is 5.58. The van der Waals surface area contributed by atoms with E-state index in [1.807, 2.05) is 6.07 Å². The van der Waals surface area contributed by atoms with Crippen LogP contribution in [0, 0.1) is 5.92 Å². The van der Waals surface area contributed by atoms with E-state index in [1.54, 1.807) is 0 Å². The smallest absolute Gasteiger partial charge is 0.241 e. The van der Waals surface area contributed by atoms with Gasteiger partial charge in [-0.1, -0.05) is 57.0 Å². The minimum atomic E-state index is 0.00561. The van der Waals surface area contributed by atoms with Crippen molar-refractivity contribution >= 4 is 5.91 Å². The number of hydrogen-bond donors (Lipinski definition) is 1. The highest BCUT2D eigenvalue weighted by Gasteiger charge is 2.45. The highest BCUT2D eigenvalue weighted by molar-refractivity contribution is 5.85. The van der Waals surface area contributed by atoms with Gasteiger partial charge in [-0.05, 0) is 30.7 Å². The van der Waals surface area contributed by atoms with Crippen LogP contribution in [0.2, 0.25) is 0 Å². The van der Waals surface area contributed by atoms with Gasteiger partial charge >= 0.3 is 0 Å². The normalized spacial score (nSPS) is 32.3. The molecule has 21 heavy (non-hydrogen) atoms. The summed E-state index contributed by atoms with van der Waals surface area (Å²) in [5, 5.41) is 3.58. The number of amides is 1. The van der Waals surface area contributed by atoms with Crippen molar-refractivity contribution in [2.45, 2.75) is 64.2 Å². The van der Waals surface area contributed by atoms with E-state index in [2.05, 4.69) is 48.3 Å². The van der Waals surface area contributed by atoms with Crippen LogP contribution in [0.4, 0.5) is 0 Å². The molecule has 1 aliphatic carbocycles. The second-order valence-electron chi connectivity index (χ2n) is 6.65. The number of benzene rings is 1. The van der Waals surface area contributed by atoms with Gasteiger partial charge in [0.15, 0.2) is 0 Å². The SMILES string of the molecule is CCCCC1NC(c2ccccc2)N(C2CC(C)C2)C1=O. The Hall–Kier alpha value is -1.35. The van der Waals surface area contributed by atoms with E-state index in [-0.39, 0.29) is 12.2 Å². The Balaban J connectivity index is 1.80. The first-order valence-electron chi connectivity index (χ1n) is 8.34. The standard InChI is InChI=1S/C18H26N2O/c1-3-4-10-16-18(21)20(15-11-13(2)12-15)17(19-16)14-8-6-5-7-9-14/h5-9,13,15-17,19H,3-4,10-12H2,1-2H3. The Morgan fingerprint density at radius 1 is 1.24 bits per heavy atom. The molecule has 0 radical (unpaired) electrons. The van der Waals surface area contributed by atoms with Crippen LogP contribution in [-0.2, 0) is 4.79 Å². The van der Waals surface area contributed by atoms with Crippen LogP contribution in [0.15, 0.2) is 30.3 Å². The summed E-state index contributed by atoms with van der Waals surface area (Å²) in [6.45, 7) is 4.45. The van der Waals surface area contributed by atoms with Crippen LogP contribution in [0.1, 0.15) is 57.7 Å². The second kappa shape index (κ2) is 6.18. The number of carbonyl (C=O) groups excluding carboxylic acids is 1. The lowest BCUT2D eigenvalue weighted by Crippen LogP contribution is -2.47. The zero-order valence-electron chi connectivity index (χ0n) is 13.1. The van der Waals surface area contributed by atoms with Crippen LogP contribution in [-0.4, -0.2) is 22.9 Å². The summed E-state index contributed by atoms with van der Waals surface area (Å²) in [5.74, 6) is 1.07. The van der Waals surface area contributed by atoms with Crippen LogP contribution in [0.25, 0.3) is 0 Å². The largest absolute Gasteiger partial charge is 0.319 e. The fraction of sp³-hybridized carbons (Fsp3) is 0.611. The van der Waals surface area contributed by atoms with Crippen LogP contribution in [0.3, 0.4) is 0 Å². The predicted molar refractivity (Wildman–Crippen MR) is 84.7 cm³/mol. The molecule has 2 aliphatic rings. The molecular formula is C18H26N2O. The Morgan fingerprint density at radius 2 is 1.95 bits per heavy atom. The lowest BCUT2D eigenvalue weighted by Gasteiger charge is -2.42. The molecule has 3 nitrogen and oxygen atoms in total. The average molecular weight is 286 g/mol. The molecule has 1 aliphatic heterocycles. The van der Waals surface area contributed by atoms with Crippen molar-refractivity contribution in [1.82, 2.24) is 10.2 Å². The number of unbranched alkanes of at least 4 members (excludes halogenated alkanes) is 1. The van der Waals surface area contributed by atoms with E-state index < -0.39 is 0 Å². The molecule has 1 aromatic rings. The molecule has 1 heterocycles. The van der Waals surface area contributed by atoms with Gasteiger partial charge in [-0.15, -0.1) is 0 Å². The third kappa shape index (κ3) is 2.84. The Labute approximate surface area is 127 Å². The molecule has 3 heteroatoms. The maximum Gasteiger partial charge on any atom is 0.241 e. The number of nitrogens with one attached hydrogen (secondary N) is 1. The molecule has 3 rings (SSSR count). The van der Waals surface area contributed by atoms with Crippen molar-refractivity contribution in [3.63, 3.8) is 0 Å². The maximum atomic E-state index is 12.8. The predicted octanol–water partition coefficient (Wildman–Crippen LogP) is 3.47. The Morgan fingerprint density at radius 3 is 2.57 bits per heavy atom. The Bertz CT molecular complexity index is 481. The summed E-state index contributed by atoms with van der Waals surface area (Å²) in [4.78, 5) is 14.9. The van der Waals surface area contributed by atoms with Crippen molar-refractivity contribution in [2.75, 3.05) is 0 Å². The molecule has 0 aromatic heterocycles. The van der Waals surface area contributed by atoms with E-state index in [0.29, 0.717) is 11.9 Å². The third-order valence-electron chi connectivity index (χ3n) is 4.89. The summed E-state index contributed by atoms with van der Waals surface area (Å²) >= 11 is 0. The molecule has 2 atom stereocenters. The van der Waals surface area contributed by atoms with E-state index in [9.17, 15) is 4.79 Å². The molecule has 114 valence electrons. The van der Waals surface area contributed by atoms with Gasteiger partial charge in [0.2, 0.25) is 5.91 Å².